The van der Waals surface area contributed by atoms with Gasteiger partial charge in [0.1, 0.15) is 12.1 Å². The highest BCUT2D eigenvalue weighted by Crippen LogP contribution is 2.35. The lowest BCUT2D eigenvalue weighted by molar-refractivity contribution is 0.368. The van der Waals surface area contributed by atoms with Gasteiger partial charge in [0.25, 0.3) is 5.88 Å². The Morgan fingerprint density at radius 3 is 2.72 bits per heavy atom. The van der Waals surface area contributed by atoms with Gasteiger partial charge in [0.2, 0.25) is 5.75 Å². The van der Waals surface area contributed by atoms with Crippen LogP contribution in [0.3, 0.4) is 0 Å². The van der Waals surface area contributed by atoms with Crippen molar-refractivity contribution < 1.29 is 9.47 Å². The zero-order valence-electron chi connectivity index (χ0n) is 9.98. The SMILES string of the molecule is COc1c(N)ncnc1Oc1ccc(C)cc1Br. The van der Waals surface area contributed by atoms with Crippen LogP contribution in [0.2, 0.25) is 0 Å². The van der Waals surface area contributed by atoms with Crippen LogP contribution in [-0.4, -0.2) is 17.1 Å². The van der Waals surface area contributed by atoms with Gasteiger partial charge in [-0.2, -0.15) is 4.98 Å². The zero-order chi connectivity index (χ0) is 13.1. The molecule has 2 aromatic rings. The Morgan fingerprint density at radius 2 is 2.06 bits per heavy atom. The summed E-state index contributed by atoms with van der Waals surface area (Å²) in [5.41, 5.74) is 6.81. The fourth-order valence-corrected chi connectivity index (χ4v) is 2.00. The molecule has 0 radical (unpaired) electrons. The van der Waals surface area contributed by atoms with E-state index in [-0.39, 0.29) is 11.7 Å². The largest absolute Gasteiger partial charge is 0.489 e. The molecule has 6 heteroatoms. The van der Waals surface area contributed by atoms with E-state index in [1.54, 1.807) is 0 Å². The fourth-order valence-electron chi connectivity index (χ4n) is 1.43. The van der Waals surface area contributed by atoms with Crippen molar-refractivity contribution in [3.63, 3.8) is 0 Å². The standard InChI is InChI=1S/C12H12BrN3O2/c1-7-3-4-9(8(13)5-7)18-12-10(17-2)11(14)15-6-16-12/h3-6H,1-2H3,(H2,14,15,16). The lowest BCUT2D eigenvalue weighted by atomic mass is 10.2. The van der Waals surface area contributed by atoms with Crippen LogP contribution in [-0.2, 0) is 0 Å². The summed E-state index contributed by atoms with van der Waals surface area (Å²) in [7, 11) is 1.49. The molecule has 1 aromatic heterocycles. The van der Waals surface area contributed by atoms with Crippen LogP contribution in [0.1, 0.15) is 5.56 Å². The zero-order valence-corrected chi connectivity index (χ0v) is 11.6. The van der Waals surface area contributed by atoms with Crippen molar-refractivity contribution >= 4 is 21.7 Å². The molecule has 18 heavy (non-hydrogen) atoms. The Kier molecular flexibility index (Phi) is 3.66. The van der Waals surface area contributed by atoms with E-state index in [9.17, 15) is 0 Å². The van der Waals surface area contributed by atoms with E-state index < -0.39 is 0 Å². The minimum Gasteiger partial charge on any atom is -0.489 e. The monoisotopic (exact) mass is 309 g/mol. The van der Waals surface area contributed by atoms with Crippen LogP contribution in [0.15, 0.2) is 29.0 Å². The molecule has 2 N–H and O–H groups in total. The van der Waals surface area contributed by atoms with Crippen LogP contribution in [0.5, 0.6) is 17.4 Å². The minimum absolute atomic E-state index is 0.241. The molecule has 0 saturated heterocycles. The van der Waals surface area contributed by atoms with E-state index >= 15 is 0 Å². The van der Waals surface area contributed by atoms with Crippen LogP contribution in [0, 0.1) is 6.92 Å². The number of methoxy groups -OCH3 is 1. The van der Waals surface area contributed by atoms with Crippen molar-refractivity contribution in [3.8, 4) is 17.4 Å². The van der Waals surface area contributed by atoms with Gasteiger partial charge in [-0.3, -0.25) is 0 Å². The predicted octanol–water partition coefficient (Wildman–Crippen LogP) is 2.93. The molecule has 0 aliphatic carbocycles. The molecule has 0 bridgehead atoms. The fraction of sp³-hybridized carbons (Fsp3) is 0.167. The van der Waals surface area contributed by atoms with Crippen LogP contribution in [0.4, 0.5) is 5.82 Å². The van der Waals surface area contributed by atoms with Crippen molar-refractivity contribution in [1.29, 1.82) is 0 Å². The highest BCUT2D eigenvalue weighted by molar-refractivity contribution is 9.10. The number of nitrogens with zero attached hydrogens (tertiary/aromatic N) is 2. The molecular formula is C12H12BrN3O2. The Labute approximate surface area is 113 Å². The number of benzene rings is 1. The minimum atomic E-state index is 0.241. The molecule has 2 rings (SSSR count). The summed E-state index contributed by atoms with van der Waals surface area (Å²) in [4.78, 5) is 7.85. The van der Waals surface area contributed by atoms with Crippen LogP contribution in [0.25, 0.3) is 0 Å². The summed E-state index contributed by atoms with van der Waals surface area (Å²) in [5.74, 6) is 1.49. The van der Waals surface area contributed by atoms with Crippen molar-refractivity contribution in [2.24, 2.45) is 0 Å². The smallest absolute Gasteiger partial charge is 0.268 e. The van der Waals surface area contributed by atoms with E-state index in [4.69, 9.17) is 15.2 Å². The normalized spacial score (nSPS) is 10.2. The summed E-state index contributed by atoms with van der Waals surface area (Å²) in [6.07, 6.45) is 1.33. The average Bonchev–Trinajstić information content (AvgIpc) is 2.33. The first-order valence-electron chi connectivity index (χ1n) is 5.20. The number of rotatable bonds is 3. The molecular weight excluding hydrogens is 298 g/mol. The molecule has 0 amide bonds. The van der Waals surface area contributed by atoms with E-state index in [2.05, 4.69) is 25.9 Å². The molecule has 1 aromatic carbocycles. The first-order valence-corrected chi connectivity index (χ1v) is 5.99. The third-order valence-electron chi connectivity index (χ3n) is 2.30. The molecule has 0 saturated carbocycles. The lowest BCUT2D eigenvalue weighted by Crippen LogP contribution is -2.00. The van der Waals surface area contributed by atoms with Crippen molar-refractivity contribution in [2.75, 3.05) is 12.8 Å². The van der Waals surface area contributed by atoms with Gasteiger partial charge in [0.15, 0.2) is 5.82 Å². The molecule has 5 nitrogen and oxygen atoms in total. The number of nitrogens with two attached hydrogens (primary N) is 1. The maximum atomic E-state index is 5.68. The van der Waals surface area contributed by atoms with E-state index in [1.165, 1.54) is 13.4 Å². The first kappa shape index (κ1) is 12.6. The topological polar surface area (TPSA) is 70.3 Å². The van der Waals surface area contributed by atoms with E-state index in [0.717, 1.165) is 10.0 Å². The summed E-state index contributed by atoms with van der Waals surface area (Å²) in [6.45, 7) is 2.00. The third kappa shape index (κ3) is 2.53. The van der Waals surface area contributed by atoms with Crippen LogP contribution < -0.4 is 15.2 Å². The second-order valence-electron chi connectivity index (χ2n) is 3.63. The Balaban J connectivity index is 2.37. The number of nitrogen functional groups attached to an aromatic ring is 1. The number of halogens is 1. The van der Waals surface area contributed by atoms with Crippen molar-refractivity contribution in [1.82, 2.24) is 9.97 Å². The first-order chi connectivity index (χ1) is 8.61. The number of aryl methyl sites for hydroxylation is 1. The quantitative estimate of drug-likeness (QED) is 0.944. The lowest BCUT2D eigenvalue weighted by Gasteiger charge is -2.11. The molecule has 0 fully saturated rings. The summed E-state index contributed by atoms with van der Waals surface area (Å²) >= 11 is 3.43. The predicted molar refractivity (Wildman–Crippen MR) is 71.9 cm³/mol. The molecule has 0 atom stereocenters. The third-order valence-corrected chi connectivity index (χ3v) is 2.92. The van der Waals surface area contributed by atoms with E-state index in [0.29, 0.717) is 11.5 Å². The highest BCUT2D eigenvalue weighted by atomic mass is 79.9. The van der Waals surface area contributed by atoms with E-state index in [1.807, 2.05) is 25.1 Å². The van der Waals surface area contributed by atoms with Crippen molar-refractivity contribution in [3.05, 3.63) is 34.6 Å². The molecule has 0 unspecified atom stereocenters. The number of hydrogen-bond donors (Lipinski definition) is 1. The average molecular weight is 310 g/mol. The van der Waals surface area contributed by atoms with Gasteiger partial charge in [-0.1, -0.05) is 6.07 Å². The highest BCUT2D eigenvalue weighted by Gasteiger charge is 2.13. The summed E-state index contributed by atoms with van der Waals surface area (Å²) in [5, 5.41) is 0. The van der Waals surface area contributed by atoms with Crippen molar-refractivity contribution in [2.45, 2.75) is 6.92 Å². The molecule has 0 aliphatic heterocycles. The molecule has 0 aliphatic rings. The molecule has 1 heterocycles. The Hall–Kier alpha value is -1.82. The second kappa shape index (κ2) is 5.22. The van der Waals surface area contributed by atoms with Gasteiger partial charge in [0.05, 0.1) is 11.6 Å². The Bertz CT molecular complexity index is 575. The van der Waals surface area contributed by atoms with Gasteiger partial charge < -0.3 is 15.2 Å². The molecule has 0 spiro atoms. The maximum Gasteiger partial charge on any atom is 0.268 e. The second-order valence-corrected chi connectivity index (χ2v) is 4.49. The number of aromatic nitrogens is 2. The van der Waals surface area contributed by atoms with Gasteiger partial charge in [-0.25, -0.2) is 4.98 Å². The number of hydrogen-bond acceptors (Lipinski definition) is 5. The van der Waals surface area contributed by atoms with Gasteiger partial charge in [-0.15, -0.1) is 0 Å². The van der Waals surface area contributed by atoms with Crippen LogP contribution >= 0.6 is 15.9 Å². The van der Waals surface area contributed by atoms with Gasteiger partial charge in [-0.05, 0) is 40.5 Å². The summed E-state index contributed by atoms with van der Waals surface area (Å²) < 4.78 is 11.6. The van der Waals surface area contributed by atoms with Gasteiger partial charge in [0, 0.05) is 0 Å². The number of ether oxygens (including phenoxy) is 2. The molecule has 94 valence electrons. The maximum absolute atomic E-state index is 5.68. The summed E-state index contributed by atoms with van der Waals surface area (Å²) in [6, 6.07) is 5.74. The Morgan fingerprint density at radius 1 is 1.28 bits per heavy atom. The van der Waals surface area contributed by atoms with Gasteiger partial charge >= 0.3 is 0 Å². The number of anilines is 1.